The average Bonchev–Trinajstić information content (AvgIpc) is 2.28. The first-order chi connectivity index (χ1) is 6.30. The van der Waals surface area contributed by atoms with Gasteiger partial charge in [-0.1, -0.05) is 0 Å². The maximum absolute atomic E-state index is 11.4. The second-order valence-corrected chi connectivity index (χ2v) is 3.81. The Morgan fingerprint density at radius 3 is 2.57 bits per heavy atom. The molecule has 0 aliphatic rings. The number of aromatic nitrogens is 2. The summed E-state index contributed by atoms with van der Waals surface area (Å²) in [4.78, 5) is 11.4. The topological polar surface area (TPSA) is 67.2 Å². The number of amides is 1. The third-order valence-corrected chi connectivity index (χ3v) is 1.80. The lowest BCUT2D eigenvalue weighted by Gasteiger charge is -2.16. The Labute approximate surface area is 82.7 Å². The van der Waals surface area contributed by atoms with Gasteiger partial charge in [-0.25, -0.2) is 0 Å². The molecule has 0 radical (unpaired) electrons. The van der Waals surface area contributed by atoms with Crippen molar-refractivity contribution in [1.29, 1.82) is 0 Å². The van der Waals surface area contributed by atoms with Gasteiger partial charge in [-0.05, 0) is 20.8 Å². The maximum atomic E-state index is 11.4. The molecule has 1 heterocycles. The number of aryl methyl sites for hydroxylation is 2. The van der Waals surface area contributed by atoms with Gasteiger partial charge in [0.2, 0.25) is 0 Å². The molecule has 2 N–H and O–H groups in total. The summed E-state index contributed by atoms with van der Waals surface area (Å²) in [6.07, 6.45) is 0. The Kier molecular flexibility index (Phi) is 2.62. The molecule has 1 aromatic rings. The molecular weight excluding hydrogens is 182 g/mol. The largest absolute Gasteiger partial charge is 0.381 e. The van der Waals surface area contributed by atoms with Crippen molar-refractivity contribution in [3.8, 4) is 0 Å². The zero-order valence-corrected chi connectivity index (χ0v) is 8.83. The molecule has 0 unspecified atom stereocenters. The first-order valence-electron chi connectivity index (χ1n) is 4.35. The van der Waals surface area contributed by atoms with E-state index in [1.807, 2.05) is 6.92 Å². The predicted molar refractivity (Wildman–Crippen MR) is 52.9 cm³/mol. The molecule has 0 spiro atoms. The van der Waals surface area contributed by atoms with E-state index >= 15 is 0 Å². The van der Waals surface area contributed by atoms with Crippen LogP contribution >= 0.6 is 0 Å². The van der Waals surface area contributed by atoms with E-state index in [2.05, 4.69) is 10.4 Å². The van der Waals surface area contributed by atoms with Crippen molar-refractivity contribution in [3.63, 3.8) is 0 Å². The highest BCUT2D eigenvalue weighted by molar-refractivity contribution is 5.95. The first-order valence-corrected chi connectivity index (χ1v) is 4.35. The summed E-state index contributed by atoms with van der Waals surface area (Å²) in [7, 11) is 1.73. The molecule has 0 saturated carbocycles. The summed E-state index contributed by atoms with van der Waals surface area (Å²) in [6, 6.07) is 1.74. The van der Waals surface area contributed by atoms with Gasteiger partial charge in [-0.15, -0.1) is 0 Å². The van der Waals surface area contributed by atoms with Crippen molar-refractivity contribution in [3.05, 3.63) is 11.8 Å². The molecule has 5 nitrogen and oxygen atoms in total. The number of anilines is 1. The second-order valence-electron chi connectivity index (χ2n) is 3.81. The van der Waals surface area contributed by atoms with Gasteiger partial charge < -0.3 is 10.4 Å². The molecule has 1 aromatic heterocycles. The number of carbonyl (C=O) groups excluding carboxylic acids is 1. The zero-order valence-electron chi connectivity index (χ0n) is 8.83. The number of nitrogens with zero attached hydrogens (tertiary/aromatic N) is 2. The van der Waals surface area contributed by atoms with E-state index in [-0.39, 0.29) is 0 Å². The number of nitrogens with one attached hydrogen (secondary N) is 1. The normalized spacial score (nSPS) is 11.5. The van der Waals surface area contributed by atoms with Crippen LogP contribution in [0.25, 0.3) is 0 Å². The van der Waals surface area contributed by atoms with Crippen LogP contribution in [-0.2, 0) is 11.8 Å². The summed E-state index contributed by atoms with van der Waals surface area (Å²) < 4.78 is 1.55. The number of carbonyl (C=O) groups is 1. The van der Waals surface area contributed by atoms with Crippen molar-refractivity contribution in [2.45, 2.75) is 26.4 Å². The van der Waals surface area contributed by atoms with Gasteiger partial charge >= 0.3 is 0 Å². The third-order valence-electron chi connectivity index (χ3n) is 1.80. The Morgan fingerprint density at radius 1 is 1.64 bits per heavy atom. The molecule has 78 valence electrons. The Bertz CT molecular complexity index is 349. The van der Waals surface area contributed by atoms with E-state index in [4.69, 9.17) is 0 Å². The van der Waals surface area contributed by atoms with Gasteiger partial charge in [0.05, 0.1) is 5.69 Å². The second kappa shape index (κ2) is 3.42. The highest BCUT2D eigenvalue weighted by Crippen LogP contribution is 2.11. The molecule has 14 heavy (non-hydrogen) atoms. The molecule has 0 fully saturated rings. The van der Waals surface area contributed by atoms with Crippen molar-refractivity contribution in [1.82, 2.24) is 9.78 Å². The van der Waals surface area contributed by atoms with Gasteiger partial charge in [-0.3, -0.25) is 9.48 Å². The summed E-state index contributed by atoms with van der Waals surface area (Å²) in [5.74, 6) is 0.134. The number of rotatable bonds is 2. The molecular formula is C9H15N3O2. The fourth-order valence-corrected chi connectivity index (χ4v) is 0.997. The van der Waals surface area contributed by atoms with Gasteiger partial charge in [0.1, 0.15) is 11.4 Å². The fourth-order valence-electron chi connectivity index (χ4n) is 0.997. The van der Waals surface area contributed by atoms with E-state index in [0.29, 0.717) is 5.82 Å². The number of aliphatic hydroxyl groups is 1. The van der Waals surface area contributed by atoms with E-state index < -0.39 is 11.5 Å². The Balaban J connectivity index is 2.80. The monoisotopic (exact) mass is 197 g/mol. The van der Waals surface area contributed by atoms with Crippen molar-refractivity contribution in [2.75, 3.05) is 5.32 Å². The predicted octanol–water partition coefficient (Wildman–Crippen LogP) is 0.438. The minimum atomic E-state index is -1.38. The summed E-state index contributed by atoms with van der Waals surface area (Å²) >= 11 is 0. The lowest BCUT2D eigenvalue weighted by atomic mass is 10.1. The first kappa shape index (κ1) is 10.7. The Hall–Kier alpha value is -1.36. The molecule has 5 heteroatoms. The number of hydrogen-bond acceptors (Lipinski definition) is 3. The van der Waals surface area contributed by atoms with Crippen LogP contribution in [-0.4, -0.2) is 26.4 Å². The van der Waals surface area contributed by atoms with Crippen LogP contribution in [0.3, 0.4) is 0 Å². The maximum Gasteiger partial charge on any atom is 0.256 e. The van der Waals surface area contributed by atoms with Crippen molar-refractivity contribution >= 4 is 11.7 Å². The van der Waals surface area contributed by atoms with E-state index in [1.54, 1.807) is 17.8 Å². The Morgan fingerprint density at radius 2 is 2.21 bits per heavy atom. The highest BCUT2D eigenvalue weighted by Gasteiger charge is 2.24. The lowest BCUT2D eigenvalue weighted by molar-refractivity contribution is -0.130. The minimum absolute atomic E-state index is 0.444. The van der Waals surface area contributed by atoms with Crippen LogP contribution in [0.2, 0.25) is 0 Å². The van der Waals surface area contributed by atoms with Gasteiger partial charge in [-0.2, -0.15) is 5.10 Å². The molecule has 0 saturated heterocycles. The van der Waals surface area contributed by atoms with Gasteiger partial charge in [0, 0.05) is 13.1 Å². The molecule has 0 bridgehead atoms. The number of hydrogen-bond donors (Lipinski definition) is 2. The van der Waals surface area contributed by atoms with Crippen LogP contribution in [0.5, 0.6) is 0 Å². The molecule has 1 amide bonds. The molecule has 0 aliphatic heterocycles. The van der Waals surface area contributed by atoms with E-state index in [1.165, 1.54) is 13.8 Å². The highest BCUT2D eigenvalue weighted by atomic mass is 16.3. The van der Waals surface area contributed by atoms with Crippen LogP contribution in [0.1, 0.15) is 19.5 Å². The smallest absolute Gasteiger partial charge is 0.256 e. The lowest BCUT2D eigenvalue weighted by Crippen LogP contribution is -2.37. The molecule has 0 aliphatic carbocycles. The van der Waals surface area contributed by atoms with Crippen molar-refractivity contribution < 1.29 is 9.90 Å². The van der Waals surface area contributed by atoms with Crippen molar-refractivity contribution in [2.24, 2.45) is 7.05 Å². The SMILES string of the molecule is Cc1cc(NC(=O)C(C)(C)O)n(C)n1. The fraction of sp³-hybridized carbons (Fsp3) is 0.556. The molecule has 1 rings (SSSR count). The average molecular weight is 197 g/mol. The van der Waals surface area contributed by atoms with Crippen LogP contribution < -0.4 is 5.32 Å². The van der Waals surface area contributed by atoms with Crippen LogP contribution in [0.4, 0.5) is 5.82 Å². The van der Waals surface area contributed by atoms with Gasteiger partial charge in [0.25, 0.3) is 5.91 Å². The quantitative estimate of drug-likeness (QED) is 0.722. The summed E-state index contributed by atoms with van der Waals surface area (Å²) in [6.45, 7) is 4.71. The van der Waals surface area contributed by atoms with Crippen LogP contribution in [0.15, 0.2) is 6.07 Å². The van der Waals surface area contributed by atoms with Gasteiger partial charge in [0.15, 0.2) is 0 Å². The van der Waals surface area contributed by atoms with E-state index in [9.17, 15) is 9.90 Å². The summed E-state index contributed by atoms with van der Waals surface area (Å²) in [5, 5.41) is 16.1. The van der Waals surface area contributed by atoms with Crippen LogP contribution in [0, 0.1) is 6.92 Å². The third kappa shape index (κ3) is 2.32. The zero-order chi connectivity index (χ0) is 10.9. The molecule has 0 aromatic carbocycles. The standard InChI is InChI=1S/C9H15N3O2/c1-6-5-7(12(4)11-6)10-8(13)9(2,3)14/h5,14H,1-4H3,(H,10,13). The summed E-state index contributed by atoms with van der Waals surface area (Å²) in [5.41, 5.74) is -0.559. The van der Waals surface area contributed by atoms with E-state index in [0.717, 1.165) is 5.69 Å². The molecule has 0 atom stereocenters. The minimum Gasteiger partial charge on any atom is -0.381 e.